The van der Waals surface area contributed by atoms with Gasteiger partial charge in [0.2, 0.25) is 0 Å². The lowest BCUT2D eigenvalue weighted by atomic mass is 9.90. The van der Waals surface area contributed by atoms with Crippen LogP contribution in [0.1, 0.15) is 63.8 Å². The van der Waals surface area contributed by atoms with Crippen LogP contribution in [0.4, 0.5) is 0 Å². The molecule has 3 N–H and O–H groups in total. The number of rotatable bonds is 7. The third kappa shape index (κ3) is 5.22. The molecule has 1 aliphatic rings. The van der Waals surface area contributed by atoms with Crippen LogP contribution in [0.25, 0.3) is 33.1 Å². The summed E-state index contributed by atoms with van der Waals surface area (Å²) in [4.78, 5) is 47.5. The molecular weight excluding hydrogens is 622 g/mol. The number of aryl methyl sites for hydroxylation is 2. The number of hydrogen-bond donors (Lipinski definition) is 3. The lowest BCUT2D eigenvalue weighted by Crippen LogP contribution is -2.56. The molecule has 0 fully saturated rings. The molecule has 3 atom stereocenters. The van der Waals surface area contributed by atoms with Crippen LogP contribution in [-0.4, -0.2) is 38.2 Å². The summed E-state index contributed by atoms with van der Waals surface area (Å²) in [5.41, 5.74) is 12.8. The number of aromatic nitrogens is 2. The Morgan fingerprint density at radius 1 is 0.938 bits per heavy atom. The predicted octanol–water partition coefficient (Wildman–Crippen LogP) is 7.71. The van der Waals surface area contributed by atoms with Gasteiger partial charge in [0.15, 0.2) is 0 Å². The Labute approximate surface area is 283 Å². The summed E-state index contributed by atoms with van der Waals surface area (Å²) >= 11 is 6.18. The van der Waals surface area contributed by atoms with Crippen molar-refractivity contribution in [3.63, 3.8) is 0 Å². The topological polar surface area (TPSA) is 99.2 Å². The summed E-state index contributed by atoms with van der Waals surface area (Å²) in [5, 5.41) is 2.35. The molecule has 7 rings (SSSR count). The van der Waals surface area contributed by atoms with Gasteiger partial charge in [0.25, 0.3) is 17.7 Å². The molecule has 3 heterocycles. The number of fused-ring (bicyclic) bond motifs is 3. The second-order valence-corrected chi connectivity index (χ2v) is 13.0. The quantitative estimate of drug-likeness (QED) is 0.153. The van der Waals surface area contributed by atoms with Crippen molar-refractivity contribution in [3.8, 4) is 11.3 Å². The number of hydrazine groups is 1. The Morgan fingerprint density at radius 2 is 1.67 bits per heavy atom. The number of amides is 3. The van der Waals surface area contributed by atoms with E-state index in [1.165, 1.54) is 0 Å². The molecule has 4 aromatic carbocycles. The number of aromatic amines is 1. The van der Waals surface area contributed by atoms with Gasteiger partial charge in [-0.05, 0) is 60.4 Å². The van der Waals surface area contributed by atoms with E-state index in [2.05, 4.69) is 46.2 Å². The van der Waals surface area contributed by atoms with E-state index in [1.54, 1.807) is 34.7 Å². The van der Waals surface area contributed by atoms with Crippen molar-refractivity contribution in [2.45, 2.75) is 39.3 Å². The Hall–Kier alpha value is -5.34. The molecule has 3 unspecified atom stereocenters. The lowest BCUT2D eigenvalue weighted by molar-refractivity contribution is -0.128. The summed E-state index contributed by atoms with van der Waals surface area (Å²) in [6.45, 7) is 6.01. The fourth-order valence-electron chi connectivity index (χ4n) is 6.99. The monoisotopic (exact) mass is 657 g/mol. The molecule has 0 bridgehead atoms. The summed E-state index contributed by atoms with van der Waals surface area (Å²) in [6.07, 6.45) is 0.627. The molecule has 1 aliphatic heterocycles. The van der Waals surface area contributed by atoms with Crippen molar-refractivity contribution in [1.82, 2.24) is 25.3 Å². The maximum Gasteiger partial charge on any atom is 0.286 e. The number of nitrogens with one attached hydrogen (secondary N) is 3. The molecule has 8 nitrogen and oxygen atoms in total. The highest BCUT2D eigenvalue weighted by Crippen LogP contribution is 2.47. The predicted molar refractivity (Wildman–Crippen MR) is 190 cm³/mol. The Bertz CT molecular complexity index is 2220. The molecule has 242 valence electrons. The normalized spacial score (nSPS) is 15.5. The zero-order chi connectivity index (χ0) is 33.7. The SMILES string of the molecule is CCC(C)C(C(=O)NNC(=O)c1cc2cc(Cl)ccc2n1C)N1C(=O)c2ccccc2C1c1c(-c2ccc(C)cc2)[nH]c2ccccc12. The van der Waals surface area contributed by atoms with Crippen LogP contribution in [0, 0.1) is 12.8 Å². The molecule has 6 aromatic rings. The maximum absolute atomic E-state index is 14.5. The molecule has 0 saturated carbocycles. The summed E-state index contributed by atoms with van der Waals surface area (Å²) in [6, 6.07) is 29.6. The van der Waals surface area contributed by atoms with Crippen LogP contribution >= 0.6 is 11.6 Å². The van der Waals surface area contributed by atoms with Crippen molar-refractivity contribution in [3.05, 3.63) is 130 Å². The smallest absolute Gasteiger partial charge is 0.286 e. The number of carbonyl (C=O) groups is 3. The van der Waals surface area contributed by atoms with Crippen LogP contribution in [-0.2, 0) is 11.8 Å². The van der Waals surface area contributed by atoms with Crippen molar-refractivity contribution < 1.29 is 14.4 Å². The molecule has 0 aliphatic carbocycles. The van der Waals surface area contributed by atoms with E-state index in [4.69, 9.17) is 11.6 Å². The van der Waals surface area contributed by atoms with Gasteiger partial charge in [-0.25, -0.2) is 0 Å². The molecular formula is C39H36ClN5O3. The van der Waals surface area contributed by atoms with Gasteiger partial charge in [-0.1, -0.05) is 98.1 Å². The first kappa shape index (κ1) is 31.3. The van der Waals surface area contributed by atoms with Crippen LogP contribution in [0.15, 0.2) is 97.1 Å². The third-order valence-electron chi connectivity index (χ3n) is 9.65. The highest BCUT2D eigenvalue weighted by atomic mass is 35.5. The number of benzene rings is 4. The van der Waals surface area contributed by atoms with Crippen molar-refractivity contribution >= 4 is 51.1 Å². The van der Waals surface area contributed by atoms with Gasteiger partial charge in [0, 0.05) is 45.0 Å². The number of halogens is 1. The van der Waals surface area contributed by atoms with E-state index in [1.807, 2.05) is 69.3 Å². The number of para-hydroxylation sites is 1. The largest absolute Gasteiger partial charge is 0.354 e. The fourth-order valence-corrected chi connectivity index (χ4v) is 7.17. The van der Waals surface area contributed by atoms with Crippen LogP contribution in [0.5, 0.6) is 0 Å². The van der Waals surface area contributed by atoms with Crippen LogP contribution in [0.3, 0.4) is 0 Å². The molecule has 0 spiro atoms. The van der Waals surface area contributed by atoms with Gasteiger partial charge in [-0.15, -0.1) is 0 Å². The number of nitrogens with zero attached hydrogens (tertiary/aromatic N) is 2. The molecule has 3 amide bonds. The second kappa shape index (κ2) is 12.4. The zero-order valence-corrected chi connectivity index (χ0v) is 27.9. The van der Waals surface area contributed by atoms with Crippen molar-refractivity contribution in [1.29, 1.82) is 0 Å². The minimum Gasteiger partial charge on any atom is -0.354 e. The first-order chi connectivity index (χ1) is 23.2. The van der Waals surface area contributed by atoms with E-state index in [-0.39, 0.29) is 11.8 Å². The van der Waals surface area contributed by atoms with E-state index in [9.17, 15) is 14.4 Å². The van der Waals surface area contributed by atoms with E-state index < -0.39 is 23.9 Å². The van der Waals surface area contributed by atoms with Gasteiger partial charge >= 0.3 is 0 Å². The summed E-state index contributed by atoms with van der Waals surface area (Å²) < 4.78 is 1.75. The number of H-pyrrole nitrogens is 1. The standard InChI is InChI=1S/C39H36ClN5O3/c1-5-23(3)35(38(47)43-42-37(46)32-21-25-20-26(40)18-19-31(25)44(32)4)45-36(27-10-6-7-11-28(27)39(45)48)33-29-12-8-9-13-30(29)41-34(33)24-16-14-22(2)15-17-24/h6-21,23,35-36,41H,5H2,1-4H3,(H,42,46)(H,43,47). The summed E-state index contributed by atoms with van der Waals surface area (Å²) in [7, 11) is 1.78. The van der Waals surface area contributed by atoms with Crippen LogP contribution in [0.2, 0.25) is 5.02 Å². The Morgan fingerprint density at radius 3 is 2.44 bits per heavy atom. The lowest BCUT2D eigenvalue weighted by Gasteiger charge is -2.36. The van der Waals surface area contributed by atoms with E-state index in [0.717, 1.165) is 49.8 Å². The second-order valence-electron chi connectivity index (χ2n) is 12.6. The first-order valence-electron chi connectivity index (χ1n) is 16.1. The molecule has 48 heavy (non-hydrogen) atoms. The number of carbonyl (C=O) groups excluding carboxylic acids is 3. The highest BCUT2D eigenvalue weighted by molar-refractivity contribution is 6.31. The number of hydrogen-bond acceptors (Lipinski definition) is 3. The minimum absolute atomic E-state index is 0.229. The van der Waals surface area contributed by atoms with E-state index in [0.29, 0.717) is 22.7 Å². The van der Waals surface area contributed by atoms with Crippen molar-refractivity contribution in [2.75, 3.05) is 0 Å². The van der Waals surface area contributed by atoms with Gasteiger partial charge in [-0.3, -0.25) is 25.2 Å². The van der Waals surface area contributed by atoms with Gasteiger partial charge in [0.05, 0.1) is 11.7 Å². The molecule has 0 saturated heterocycles. The third-order valence-corrected chi connectivity index (χ3v) is 9.88. The van der Waals surface area contributed by atoms with Crippen LogP contribution < -0.4 is 10.9 Å². The molecule has 0 radical (unpaired) electrons. The Balaban J connectivity index is 1.30. The van der Waals surface area contributed by atoms with Gasteiger partial charge in [0.1, 0.15) is 11.7 Å². The van der Waals surface area contributed by atoms with Crippen molar-refractivity contribution in [2.24, 2.45) is 13.0 Å². The summed E-state index contributed by atoms with van der Waals surface area (Å²) in [5.74, 6) is -1.42. The zero-order valence-electron chi connectivity index (χ0n) is 27.2. The molecule has 9 heteroatoms. The highest BCUT2D eigenvalue weighted by Gasteiger charge is 2.47. The maximum atomic E-state index is 14.5. The fraction of sp³-hybridized carbons (Fsp3) is 0.205. The minimum atomic E-state index is -0.897. The van der Waals surface area contributed by atoms with Gasteiger partial charge in [-0.2, -0.15) is 0 Å². The van der Waals surface area contributed by atoms with E-state index >= 15 is 0 Å². The average Bonchev–Trinajstić information content (AvgIpc) is 3.73. The van der Waals surface area contributed by atoms with Gasteiger partial charge < -0.3 is 14.5 Å². The average molecular weight is 658 g/mol. The molecule has 2 aromatic heterocycles. The first-order valence-corrected chi connectivity index (χ1v) is 16.5. The Kier molecular flexibility index (Phi) is 8.05.